The standard InChI is InChI=1S/C21H25NO3S2/c1-15(18-6-4-5-7-19(18)24-3)22(2)20(23)14-25-17-10-8-16(9-11-17)21-26-12-13-27-21/h4-11,15,21H,12-14H2,1-3H3. The molecule has 0 saturated carbocycles. The van der Waals surface area contributed by atoms with E-state index in [-0.39, 0.29) is 18.6 Å². The minimum Gasteiger partial charge on any atom is -0.496 e. The SMILES string of the molecule is COc1ccccc1C(C)N(C)C(=O)COc1ccc(C2SCCS2)cc1. The highest BCUT2D eigenvalue weighted by Gasteiger charge is 2.21. The monoisotopic (exact) mass is 403 g/mol. The van der Waals surface area contributed by atoms with Gasteiger partial charge in [0.15, 0.2) is 6.61 Å². The third kappa shape index (κ3) is 4.93. The van der Waals surface area contributed by atoms with Crippen LogP contribution in [0.15, 0.2) is 48.5 Å². The highest BCUT2D eigenvalue weighted by Crippen LogP contribution is 2.45. The predicted molar refractivity (Wildman–Crippen MR) is 114 cm³/mol. The zero-order valence-electron chi connectivity index (χ0n) is 15.9. The van der Waals surface area contributed by atoms with Crippen molar-refractivity contribution in [2.24, 2.45) is 0 Å². The highest BCUT2D eigenvalue weighted by atomic mass is 32.2. The molecule has 0 aliphatic carbocycles. The van der Waals surface area contributed by atoms with Gasteiger partial charge < -0.3 is 14.4 Å². The molecule has 1 saturated heterocycles. The van der Waals surface area contributed by atoms with Crippen LogP contribution in [-0.4, -0.2) is 43.1 Å². The topological polar surface area (TPSA) is 38.8 Å². The molecule has 1 atom stereocenters. The van der Waals surface area contributed by atoms with E-state index >= 15 is 0 Å². The summed E-state index contributed by atoms with van der Waals surface area (Å²) in [5, 5.41) is 0. The van der Waals surface area contributed by atoms with Crippen molar-refractivity contribution in [2.45, 2.75) is 17.5 Å². The molecule has 0 N–H and O–H groups in total. The Balaban J connectivity index is 1.56. The average molecular weight is 404 g/mol. The number of carbonyl (C=O) groups is 1. The van der Waals surface area contributed by atoms with Crippen molar-refractivity contribution in [2.75, 3.05) is 32.3 Å². The largest absolute Gasteiger partial charge is 0.496 e. The Morgan fingerprint density at radius 3 is 2.48 bits per heavy atom. The Kier molecular flexibility index (Phi) is 6.96. The van der Waals surface area contributed by atoms with Crippen molar-refractivity contribution < 1.29 is 14.3 Å². The molecule has 0 radical (unpaired) electrons. The van der Waals surface area contributed by atoms with E-state index in [4.69, 9.17) is 9.47 Å². The zero-order valence-corrected chi connectivity index (χ0v) is 17.5. The van der Waals surface area contributed by atoms with Gasteiger partial charge >= 0.3 is 0 Å². The fourth-order valence-electron chi connectivity index (χ4n) is 2.96. The number of rotatable bonds is 7. The average Bonchev–Trinajstić information content (AvgIpc) is 3.26. The first-order valence-corrected chi connectivity index (χ1v) is 11.0. The fourth-order valence-corrected chi connectivity index (χ4v) is 5.81. The first-order chi connectivity index (χ1) is 13.1. The Morgan fingerprint density at radius 2 is 1.81 bits per heavy atom. The van der Waals surface area contributed by atoms with Crippen LogP contribution in [0.5, 0.6) is 11.5 Å². The molecule has 0 aromatic heterocycles. The second-order valence-electron chi connectivity index (χ2n) is 6.35. The van der Waals surface area contributed by atoms with Gasteiger partial charge in [0, 0.05) is 24.1 Å². The summed E-state index contributed by atoms with van der Waals surface area (Å²) in [4.78, 5) is 14.3. The Hall–Kier alpha value is -1.79. The molecular weight excluding hydrogens is 378 g/mol. The second-order valence-corrected chi connectivity index (χ2v) is 9.08. The number of benzene rings is 2. The number of hydrogen-bond acceptors (Lipinski definition) is 5. The minimum atomic E-state index is -0.101. The van der Waals surface area contributed by atoms with Gasteiger partial charge in [-0.05, 0) is 30.7 Å². The number of hydrogen-bond donors (Lipinski definition) is 0. The molecule has 1 unspecified atom stereocenters. The van der Waals surface area contributed by atoms with E-state index in [0.717, 1.165) is 17.1 Å². The van der Waals surface area contributed by atoms with Crippen molar-refractivity contribution in [1.29, 1.82) is 0 Å². The summed E-state index contributed by atoms with van der Waals surface area (Å²) >= 11 is 3.96. The normalized spacial score (nSPS) is 15.4. The van der Waals surface area contributed by atoms with Gasteiger partial charge in [0.2, 0.25) is 0 Å². The summed E-state index contributed by atoms with van der Waals surface area (Å²) in [5.74, 6) is 3.85. The maximum atomic E-state index is 12.6. The molecule has 144 valence electrons. The predicted octanol–water partition coefficient (Wildman–Crippen LogP) is 4.77. The van der Waals surface area contributed by atoms with Crippen molar-refractivity contribution in [3.05, 3.63) is 59.7 Å². The first kappa shape index (κ1) is 20.0. The number of thioether (sulfide) groups is 2. The van der Waals surface area contributed by atoms with Crippen LogP contribution in [0.3, 0.4) is 0 Å². The van der Waals surface area contributed by atoms with Crippen LogP contribution in [0, 0.1) is 0 Å². The van der Waals surface area contributed by atoms with Gasteiger partial charge in [-0.15, -0.1) is 23.5 Å². The molecule has 27 heavy (non-hydrogen) atoms. The van der Waals surface area contributed by atoms with Crippen LogP contribution in [0.2, 0.25) is 0 Å². The summed E-state index contributed by atoms with van der Waals surface area (Å²) in [6.07, 6.45) is 0. The molecule has 2 aromatic rings. The Morgan fingerprint density at radius 1 is 1.15 bits per heavy atom. The lowest BCUT2D eigenvalue weighted by Crippen LogP contribution is -2.33. The van der Waals surface area contributed by atoms with Gasteiger partial charge in [0.1, 0.15) is 11.5 Å². The summed E-state index contributed by atoms with van der Waals surface area (Å²) in [6, 6.07) is 15.7. The molecule has 4 nitrogen and oxygen atoms in total. The lowest BCUT2D eigenvalue weighted by Gasteiger charge is -2.26. The number of methoxy groups -OCH3 is 1. The number of nitrogens with zero attached hydrogens (tertiary/aromatic N) is 1. The third-order valence-electron chi connectivity index (χ3n) is 4.70. The van der Waals surface area contributed by atoms with E-state index in [2.05, 4.69) is 12.1 Å². The molecule has 6 heteroatoms. The fraction of sp³-hybridized carbons (Fsp3) is 0.381. The van der Waals surface area contributed by atoms with E-state index in [9.17, 15) is 4.79 Å². The smallest absolute Gasteiger partial charge is 0.260 e. The van der Waals surface area contributed by atoms with E-state index in [1.54, 1.807) is 19.1 Å². The number of amides is 1. The van der Waals surface area contributed by atoms with Crippen molar-refractivity contribution in [3.63, 3.8) is 0 Å². The molecule has 1 heterocycles. The van der Waals surface area contributed by atoms with E-state index in [0.29, 0.717) is 4.58 Å². The van der Waals surface area contributed by atoms with E-state index < -0.39 is 0 Å². The van der Waals surface area contributed by atoms with Gasteiger partial charge in [0.25, 0.3) is 5.91 Å². The lowest BCUT2D eigenvalue weighted by molar-refractivity contribution is -0.134. The molecule has 1 fully saturated rings. The van der Waals surface area contributed by atoms with Gasteiger partial charge in [-0.1, -0.05) is 30.3 Å². The molecule has 2 aromatic carbocycles. The van der Waals surface area contributed by atoms with Crippen molar-refractivity contribution in [3.8, 4) is 11.5 Å². The van der Waals surface area contributed by atoms with Crippen LogP contribution < -0.4 is 9.47 Å². The van der Waals surface area contributed by atoms with Crippen LogP contribution in [0.25, 0.3) is 0 Å². The minimum absolute atomic E-state index is 0.0161. The van der Waals surface area contributed by atoms with E-state index in [1.165, 1.54) is 17.1 Å². The molecular formula is C21H25NO3S2. The second kappa shape index (κ2) is 9.42. The highest BCUT2D eigenvalue weighted by molar-refractivity contribution is 8.19. The molecule has 3 rings (SSSR count). The van der Waals surface area contributed by atoms with Crippen LogP contribution in [0.1, 0.15) is 28.7 Å². The maximum Gasteiger partial charge on any atom is 0.260 e. The Labute approximate surface area is 169 Å². The van der Waals surface area contributed by atoms with Gasteiger partial charge in [-0.2, -0.15) is 0 Å². The number of para-hydroxylation sites is 1. The molecule has 1 amide bonds. The zero-order chi connectivity index (χ0) is 19.2. The van der Waals surface area contributed by atoms with Crippen LogP contribution >= 0.6 is 23.5 Å². The van der Waals surface area contributed by atoms with Gasteiger partial charge in [-0.25, -0.2) is 0 Å². The summed E-state index contributed by atoms with van der Waals surface area (Å²) in [5.41, 5.74) is 2.29. The molecule has 0 spiro atoms. The van der Waals surface area contributed by atoms with Gasteiger partial charge in [-0.3, -0.25) is 4.79 Å². The summed E-state index contributed by atoms with van der Waals surface area (Å²) in [7, 11) is 3.43. The molecule has 0 bridgehead atoms. The lowest BCUT2D eigenvalue weighted by atomic mass is 10.1. The van der Waals surface area contributed by atoms with Gasteiger partial charge in [0.05, 0.1) is 17.7 Å². The summed E-state index contributed by atoms with van der Waals surface area (Å²) < 4.78 is 11.6. The van der Waals surface area contributed by atoms with Crippen molar-refractivity contribution in [1.82, 2.24) is 4.90 Å². The third-order valence-corrected chi connectivity index (χ3v) is 7.80. The maximum absolute atomic E-state index is 12.6. The Bertz CT molecular complexity index is 760. The molecule has 1 aliphatic rings. The quantitative estimate of drug-likeness (QED) is 0.666. The molecule has 1 aliphatic heterocycles. The van der Waals surface area contributed by atoms with Crippen LogP contribution in [-0.2, 0) is 4.79 Å². The first-order valence-electron chi connectivity index (χ1n) is 8.94. The number of carbonyl (C=O) groups excluding carboxylic acids is 1. The summed E-state index contributed by atoms with van der Waals surface area (Å²) in [6.45, 7) is 2.00. The van der Waals surface area contributed by atoms with Crippen LogP contribution in [0.4, 0.5) is 0 Å². The number of ether oxygens (including phenoxy) is 2. The van der Waals surface area contributed by atoms with E-state index in [1.807, 2.05) is 66.8 Å². The van der Waals surface area contributed by atoms with Crippen molar-refractivity contribution >= 4 is 29.4 Å². The number of likely N-dealkylation sites (N-methyl/N-ethyl adjacent to an activating group) is 1.